The van der Waals surface area contributed by atoms with E-state index in [-0.39, 0.29) is 0 Å². The van der Waals surface area contributed by atoms with Gasteiger partial charge in [-0.2, -0.15) is 0 Å². The molecule has 6 rings (SSSR count). The Morgan fingerprint density at radius 3 is 2.79 bits per heavy atom. The summed E-state index contributed by atoms with van der Waals surface area (Å²) in [6, 6.07) is 13.7. The molecule has 2 unspecified atom stereocenters. The molecule has 0 radical (unpaired) electrons. The number of anilines is 1. The van der Waals surface area contributed by atoms with E-state index in [1.165, 1.54) is 49.5 Å². The zero-order valence-corrected chi connectivity index (χ0v) is 19.1. The van der Waals surface area contributed by atoms with Gasteiger partial charge in [0, 0.05) is 29.6 Å². The Hall–Kier alpha value is -3.21. The van der Waals surface area contributed by atoms with Gasteiger partial charge in [-0.3, -0.25) is 0 Å². The van der Waals surface area contributed by atoms with Crippen LogP contribution >= 0.6 is 0 Å². The number of nitrogens with one attached hydrogen (secondary N) is 1. The minimum Gasteiger partial charge on any atom is -0.370 e. The number of pyridine rings is 1. The molecule has 3 heterocycles. The molecule has 168 valence electrons. The molecular weight excluding hydrogens is 406 g/mol. The predicted octanol–water partition coefficient (Wildman–Crippen LogP) is 6.42. The first-order valence-electron chi connectivity index (χ1n) is 12.3. The topological polar surface area (TPSA) is 55.6 Å². The Labute approximate surface area is 195 Å². The van der Waals surface area contributed by atoms with Crippen LogP contribution in [0.2, 0.25) is 0 Å². The third-order valence-electron chi connectivity index (χ3n) is 7.51. The first kappa shape index (κ1) is 20.4. The zero-order valence-electron chi connectivity index (χ0n) is 19.1. The van der Waals surface area contributed by atoms with Crippen LogP contribution in [0.3, 0.4) is 0 Å². The van der Waals surface area contributed by atoms with Crippen molar-refractivity contribution in [1.29, 1.82) is 0 Å². The van der Waals surface area contributed by atoms with Gasteiger partial charge in [-0.05, 0) is 92.7 Å². The maximum absolute atomic E-state index is 4.87. The van der Waals surface area contributed by atoms with Crippen LogP contribution in [0.1, 0.15) is 55.8 Å². The van der Waals surface area contributed by atoms with Gasteiger partial charge in [0.15, 0.2) is 0 Å². The fraction of sp³-hybridized carbons (Fsp3) is 0.393. The Morgan fingerprint density at radius 1 is 1.03 bits per heavy atom. The van der Waals surface area contributed by atoms with Gasteiger partial charge in [0.1, 0.15) is 17.8 Å². The fourth-order valence-corrected chi connectivity index (χ4v) is 5.37. The van der Waals surface area contributed by atoms with Gasteiger partial charge in [-0.15, -0.1) is 0 Å². The van der Waals surface area contributed by atoms with Crippen LogP contribution in [-0.2, 0) is 6.42 Å². The van der Waals surface area contributed by atoms with E-state index >= 15 is 0 Å². The molecule has 0 spiro atoms. The van der Waals surface area contributed by atoms with Crippen molar-refractivity contribution in [2.45, 2.75) is 51.0 Å². The van der Waals surface area contributed by atoms with Gasteiger partial charge in [0.05, 0.1) is 11.2 Å². The highest BCUT2D eigenvalue weighted by molar-refractivity contribution is 5.84. The minimum absolute atomic E-state index is 0.526. The summed E-state index contributed by atoms with van der Waals surface area (Å²) in [6.45, 7) is 4.94. The molecule has 2 atom stereocenters. The summed E-state index contributed by atoms with van der Waals surface area (Å²) in [5.41, 5.74) is 4.46. The largest absolute Gasteiger partial charge is 0.370 e. The van der Waals surface area contributed by atoms with Crippen LogP contribution in [-0.4, -0.2) is 26.1 Å². The van der Waals surface area contributed by atoms with Gasteiger partial charge in [0.2, 0.25) is 0 Å². The Balaban J connectivity index is 1.10. The van der Waals surface area contributed by atoms with Crippen molar-refractivity contribution in [3.8, 4) is 0 Å². The summed E-state index contributed by atoms with van der Waals surface area (Å²) in [5.74, 6) is 2.61. The van der Waals surface area contributed by atoms with Crippen LogP contribution in [0.5, 0.6) is 0 Å². The lowest BCUT2D eigenvalue weighted by Crippen LogP contribution is -2.06. The molecule has 2 fully saturated rings. The second-order valence-corrected chi connectivity index (χ2v) is 9.84. The molecule has 0 aliphatic heterocycles. The van der Waals surface area contributed by atoms with Gasteiger partial charge < -0.3 is 9.88 Å². The predicted molar refractivity (Wildman–Crippen MR) is 135 cm³/mol. The Bertz CT molecular complexity index is 1300. The van der Waals surface area contributed by atoms with Crippen LogP contribution in [0, 0.1) is 11.8 Å². The summed E-state index contributed by atoms with van der Waals surface area (Å²) in [5, 5.41) is 5.83. The smallest absolute Gasteiger partial charge is 0.144 e. The normalized spacial score (nSPS) is 20.5. The average molecular weight is 438 g/mol. The molecule has 2 aliphatic rings. The van der Waals surface area contributed by atoms with E-state index in [0.717, 1.165) is 52.9 Å². The highest BCUT2D eigenvalue weighted by Gasteiger charge is 2.27. The zero-order chi connectivity index (χ0) is 22.2. The molecule has 2 aliphatic carbocycles. The number of hydrogen-bond donors (Lipinski definition) is 1. The molecule has 4 aromatic rings. The lowest BCUT2D eigenvalue weighted by molar-refractivity contribution is 0.461. The SMILES string of the molecule is C=Cc1ncnc2c1ccn2C1CCC(CCc2ccc3ccc(NCC4CC4)nc3c2)C1. The highest BCUT2D eigenvalue weighted by atomic mass is 15.1. The van der Waals surface area contributed by atoms with E-state index in [2.05, 4.69) is 69.0 Å². The van der Waals surface area contributed by atoms with Gasteiger partial charge in [-0.25, -0.2) is 15.0 Å². The van der Waals surface area contributed by atoms with Crippen LogP contribution in [0.15, 0.2) is 55.5 Å². The molecular formula is C28H31N5. The molecule has 0 saturated heterocycles. The summed E-state index contributed by atoms with van der Waals surface area (Å²) < 4.78 is 2.36. The molecule has 1 N–H and O–H groups in total. The van der Waals surface area contributed by atoms with Crippen LogP contribution in [0.25, 0.3) is 28.0 Å². The fourth-order valence-electron chi connectivity index (χ4n) is 5.37. The van der Waals surface area contributed by atoms with Gasteiger partial charge in [0.25, 0.3) is 0 Å². The Kier molecular flexibility index (Phi) is 5.33. The standard InChI is InChI=1S/C28H31N5/c1-2-25-24-13-14-33(28(24)31-18-30-25)23-11-8-19(15-23)3-4-20-7-9-22-10-12-27(32-26(22)16-20)29-17-21-5-6-21/h2,7,9-10,12-14,16,18-19,21,23H,1,3-6,8,11,15,17H2,(H,29,32). The van der Waals surface area contributed by atoms with Crippen molar-refractivity contribution in [2.24, 2.45) is 11.8 Å². The lowest BCUT2D eigenvalue weighted by atomic mass is 9.97. The molecule has 5 heteroatoms. The third kappa shape index (κ3) is 4.24. The van der Waals surface area contributed by atoms with E-state index in [9.17, 15) is 0 Å². The summed E-state index contributed by atoms with van der Waals surface area (Å²) in [6.07, 6.45) is 14.4. The van der Waals surface area contributed by atoms with Crippen molar-refractivity contribution >= 4 is 33.8 Å². The molecule has 1 aromatic carbocycles. The number of aryl methyl sites for hydroxylation is 1. The summed E-state index contributed by atoms with van der Waals surface area (Å²) in [7, 11) is 0. The molecule has 33 heavy (non-hydrogen) atoms. The number of benzene rings is 1. The van der Waals surface area contributed by atoms with E-state index in [0.29, 0.717) is 6.04 Å². The summed E-state index contributed by atoms with van der Waals surface area (Å²) in [4.78, 5) is 13.8. The second kappa shape index (κ2) is 8.62. The van der Waals surface area contributed by atoms with Gasteiger partial charge in [-0.1, -0.05) is 18.7 Å². The van der Waals surface area contributed by atoms with Crippen molar-refractivity contribution in [1.82, 2.24) is 19.5 Å². The quantitative estimate of drug-likeness (QED) is 0.346. The number of aromatic nitrogens is 4. The van der Waals surface area contributed by atoms with E-state index in [4.69, 9.17) is 4.98 Å². The third-order valence-corrected chi connectivity index (χ3v) is 7.51. The van der Waals surface area contributed by atoms with Crippen molar-refractivity contribution in [2.75, 3.05) is 11.9 Å². The van der Waals surface area contributed by atoms with Crippen LogP contribution in [0.4, 0.5) is 5.82 Å². The first-order valence-corrected chi connectivity index (χ1v) is 12.3. The molecule has 0 bridgehead atoms. The minimum atomic E-state index is 0.526. The average Bonchev–Trinajstić information content (AvgIpc) is 3.39. The van der Waals surface area contributed by atoms with E-state index < -0.39 is 0 Å². The van der Waals surface area contributed by atoms with E-state index in [1.807, 2.05) is 6.08 Å². The number of fused-ring (bicyclic) bond motifs is 2. The summed E-state index contributed by atoms with van der Waals surface area (Å²) >= 11 is 0. The molecule has 3 aromatic heterocycles. The van der Waals surface area contributed by atoms with Crippen LogP contribution < -0.4 is 5.32 Å². The number of nitrogens with zero attached hydrogens (tertiary/aromatic N) is 4. The molecule has 2 saturated carbocycles. The second-order valence-electron chi connectivity index (χ2n) is 9.84. The molecule has 5 nitrogen and oxygen atoms in total. The monoisotopic (exact) mass is 437 g/mol. The van der Waals surface area contributed by atoms with Crippen molar-refractivity contribution in [3.05, 3.63) is 66.8 Å². The highest BCUT2D eigenvalue weighted by Crippen LogP contribution is 2.39. The number of rotatable bonds is 8. The maximum Gasteiger partial charge on any atom is 0.144 e. The van der Waals surface area contributed by atoms with Gasteiger partial charge >= 0.3 is 0 Å². The lowest BCUT2D eigenvalue weighted by Gasteiger charge is -2.14. The Morgan fingerprint density at radius 2 is 1.91 bits per heavy atom. The molecule has 0 amide bonds. The van der Waals surface area contributed by atoms with Crippen molar-refractivity contribution in [3.63, 3.8) is 0 Å². The van der Waals surface area contributed by atoms with E-state index in [1.54, 1.807) is 6.33 Å². The maximum atomic E-state index is 4.87. The first-order chi connectivity index (χ1) is 16.3. The van der Waals surface area contributed by atoms with Crippen molar-refractivity contribution < 1.29 is 0 Å². The number of hydrogen-bond acceptors (Lipinski definition) is 4.